The summed E-state index contributed by atoms with van der Waals surface area (Å²) in [5.74, 6) is -0.411. The van der Waals surface area contributed by atoms with Crippen molar-refractivity contribution in [2.75, 3.05) is 19.7 Å². The minimum atomic E-state index is -0.703. The van der Waals surface area contributed by atoms with Crippen LogP contribution in [0.15, 0.2) is 48.7 Å². The Kier molecular flexibility index (Phi) is 6.01. The Balaban J connectivity index is 1.54. The number of aliphatic hydroxyl groups is 1. The van der Waals surface area contributed by atoms with Crippen LogP contribution in [0.3, 0.4) is 0 Å². The minimum absolute atomic E-state index is 0.0607. The Morgan fingerprint density at radius 3 is 2.83 bits per heavy atom. The highest BCUT2D eigenvalue weighted by Crippen LogP contribution is 2.20. The lowest BCUT2D eigenvalue weighted by molar-refractivity contribution is -0.132. The molecular weight excluding hydrogens is 404 g/mol. The van der Waals surface area contributed by atoms with Crippen LogP contribution in [0.2, 0.25) is 5.15 Å². The van der Waals surface area contributed by atoms with Gasteiger partial charge >= 0.3 is 0 Å². The number of halogens is 1. The predicted molar refractivity (Wildman–Crippen MR) is 114 cm³/mol. The van der Waals surface area contributed by atoms with Gasteiger partial charge in [-0.1, -0.05) is 41.9 Å². The van der Waals surface area contributed by atoms with Gasteiger partial charge in [0.05, 0.1) is 11.7 Å². The summed E-state index contributed by atoms with van der Waals surface area (Å²) in [6, 6.07) is 12.3. The summed E-state index contributed by atoms with van der Waals surface area (Å²) in [6.07, 6.45) is 2.73. The summed E-state index contributed by atoms with van der Waals surface area (Å²) in [5.41, 5.74) is 2.00. The second-order valence-electron chi connectivity index (χ2n) is 7.61. The SMILES string of the molecule is O=C(N[C@@H](Cc1ccccc1)C(=O)N1CCC(CO)C1)c1cc2cc(Cl)ncc2[nH]1. The second-order valence-corrected chi connectivity index (χ2v) is 8.00. The van der Waals surface area contributed by atoms with E-state index in [0.29, 0.717) is 35.9 Å². The number of fused-ring (bicyclic) bond motifs is 1. The van der Waals surface area contributed by atoms with E-state index in [0.717, 1.165) is 17.4 Å². The fourth-order valence-electron chi connectivity index (χ4n) is 3.82. The lowest BCUT2D eigenvalue weighted by Crippen LogP contribution is -2.49. The highest BCUT2D eigenvalue weighted by atomic mass is 35.5. The summed E-state index contributed by atoms with van der Waals surface area (Å²) >= 11 is 5.93. The van der Waals surface area contributed by atoms with Gasteiger partial charge in [0, 0.05) is 37.4 Å². The first-order valence-electron chi connectivity index (χ1n) is 9.92. The Labute approximate surface area is 179 Å². The Bertz CT molecular complexity index is 1050. The number of aromatic nitrogens is 2. The zero-order chi connectivity index (χ0) is 21.1. The quantitative estimate of drug-likeness (QED) is 0.527. The van der Waals surface area contributed by atoms with Crippen LogP contribution in [-0.2, 0) is 11.2 Å². The van der Waals surface area contributed by atoms with Gasteiger partial charge in [-0.2, -0.15) is 0 Å². The first-order chi connectivity index (χ1) is 14.5. The number of nitrogens with one attached hydrogen (secondary N) is 2. The van der Waals surface area contributed by atoms with E-state index >= 15 is 0 Å². The molecule has 30 heavy (non-hydrogen) atoms. The first-order valence-corrected chi connectivity index (χ1v) is 10.3. The molecule has 0 spiro atoms. The van der Waals surface area contributed by atoms with Gasteiger partial charge in [-0.25, -0.2) is 4.98 Å². The van der Waals surface area contributed by atoms with Gasteiger partial charge in [0.2, 0.25) is 5.91 Å². The maximum absolute atomic E-state index is 13.2. The van der Waals surface area contributed by atoms with Crippen molar-refractivity contribution in [3.05, 3.63) is 65.1 Å². The molecule has 2 amide bonds. The molecule has 3 aromatic rings. The van der Waals surface area contributed by atoms with E-state index < -0.39 is 6.04 Å². The molecular formula is C22H23ClN4O3. The van der Waals surface area contributed by atoms with Crippen LogP contribution < -0.4 is 5.32 Å². The van der Waals surface area contributed by atoms with Gasteiger partial charge in [0.1, 0.15) is 16.9 Å². The lowest BCUT2D eigenvalue weighted by Gasteiger charge is -2.24. The molecule has 3 heterocycles. The average molecular weight is 427 g/mol. The Morgan fingerprint density at radius 2 is 2.10 bits per heavy atom. The zero-order valence-corrected chi connectivity index (χ0v) is 17.1. The predicted octanol–water partition coefficient (Wildman–Crippen LogP) is 2.40. The van der Waals surface area contributed by atoms with Crippen molar-refractivity contribution in [1.82, 2.24) is 20.2 Å². The first kappa shape index (κ1) is 20.4. The van der Waals surface area contributed by atoms with Gasteiger partial charge in [-0.3, -0.25) is 9.59 Å². The fourth-order valence-corrected chi connectivity index (χ4v) is 3.98. The van der Waals surface area contributed by atoms with Crippen molar-refractivity contribution in [3.63, 3.8) is 0 Å². The normalized spacial score (nSPS) is 17.3. The van der Waals surface area contributed by atoms with Crippen LogP contribution in [0, 0.1) is 5.92 Å². The van der Waals surface area contributed by atoms with Crippen LogP contribution >= 0.6 is 11.6 Å². The van der Waals surface area contributed by atoms with Gasteiger partial charge in [-0.15, -0.1) is 0 Å². The molecule has 2 aromatic heterocycles. The van der Waals surface area contributed by atoms with Crippen molar-refractivity contribution in [1.29, 1.82) is 0 Å². The van der Waals surface area contributed by atoms with E-state index in [-0.39, 0.29) is 24.3 Å². The van der Waals surface area contributed by atoms with Crippen molar-refractivity contribution in [2.45, 2.75) is 18.9 Å². The molecule has 1 aliphatic heterocycles. The molecule has 1 aliphatic rings. The molecule has 2 atom stereocenters. The van der Waals surface area contributed by atoms with E-state index in [1.54, 1.807) is 23.2 Å². The topological polar surface area (TPSA) is 98.3 Å². The van der Waals surface area contributed by atoms with Crippen molar-refractivity contribution in [2.24, 2.45) is 5.92 Å². The second kappa shape index (κ2) is 8.85. The van der Waals surface area contributed by atoms with Gasteiger partial charge in [0.15, 0.2) is 0 Å². The van der Waals surface area contributed by atoms with Crippen molar-refractivity contribution < 1.29 is 14.7 Å². The average Bonchev–Trinajstić information content (AvgIpc) is 3.40. The van der Waals surface area contributed by atoms with Gasteiger partial charge in [0.25, 0.3) is 5.91 Å². The Hall–Kier alpha value is -2.90. The summed E-state index contributed by atoms with van der Waals surface area (Å²) in [6.45, 7) is 1.15. The number of H-pyrrole nitrogens is 1. The van der Waals surface area contributed by atoms with Crippen LogP contribution in [0.1, 0.15) is 22.5 Å². The number of benzene rings is 1. The standard InChI is InChI=1S/C22H23ClN4O3/c23-20-10-16-9-17(25-19(16)11-24-20)21(29)26-18(8-14-4-2-1-3-5-14)22(30)27-7-6-15(12-27)13-28/h1-5,9-11,15,18,25,28H,6-8,12-13H2,(H,26,29)/t15?,18-/m0/s1. The summed E-state index contributed by atoms with van der Waals surface area (Å²) in [7, 11) is 0. The van der Waals surface area contributed by atoms with E-state index in [1.807, 2.05) is 30.3 Å². The minimum Gasteiger partial charge on any atom is -0.396 e. The smallest absolute Gasteiger partial charge is 0.268 e. The highest BCUT2D eigenvalue weighted by molar-refractivity contribution is 6.30. The monoisotopic (exact) mass is 426 g/mol. The number of aliphatic hydroxyl groups excluding tert-OH is 1. The number of carbonyl (C=O) groups excluding carboxylic acids is 2. The number of likely N-dealkylation sites (tertiary alicyclic amines) is 1. The molecule has 0 aliphatic carbocycles. The van der Waals surface area contributed by atoms with Crippen LogP contribution in [0.25, 0.3) is 10.9 Å². The molecule has 0 radical (unpaired) electrons. The van der Waals surface area contributed by atoms with Crippen LogP contribution in [-0.4, -0.2) is 57.5 Å². The number of rotatable bonds is 6. The fraction of sp³-hybridized carbons (Fsp3) is 0.318. The number of carbonyl (C=O) groups is 2. The Morgan fingerprint density at radius 1 is 1.30 bits per heavy atom. The molecule has 1 unspecified atom stereocenters. The third-order valence-corrected chi connectivity index (χ3v) is 5.66. The summed E-state index contributed by atoms with van der Waals surface area (Å²) in [5, 5.41) is 13.4. The largest absolute Gasteiger partial charge is 0.396 e. The third-order valence-electron chi connectivity index (χ3n) is 5.46. The zero-order valence-electron chi connectivity index (χ0n) is 16.3. The van der Waals surface area contributed by atoms with Crippen LogP contribution in [0.4, 0.5) is 0 Å². The molecule has 0 saturated carbocycles. The third kappa shape index (κ3) is 4.47. The van der Waals surface area contributed by atoms with Crippen molar-refractivity contribution >= 4 is 34.3 Å². The maximum atomic E-state index is 13.2. The summed E-state index contributed by atoms with van der Waals surface area (Å²) < 4.78 is 0. The van der Waals surface area contributed by atoms with Gasteiger partial charge < -0.3 is 20.3 Å². The van der Waals surface area contributed by atoms with E-state index in [9.17, 15) is 14.7 Å². The molecule has 3 N–H and O–H groups in total. The van der Waals surface area contributed by atoms with E-state index in [2.05, 4.69) is 15.3 Å². The molecule has 1 fully saturated rings. The molecule has 0 bridgehead atoms. The number of pyridine rings is 1. The molecule has 8 heteroatoms. The van der Waals surface area contributed by atoms with Crippen LogP contribution in [0.5, 0.6) is 0 Å². The number of hydrogen-bond acceptors (Lipinski definition) is 4. The molecule has 156 valence electrons. The number of amides is 2. The number of nitrogens with zero attached hydrogens (tertiary/aromatic N) is 2. The van der Waals surface area contributed by atoms with Gasteiger partial charge in [-0.05, 0) is 24.1 Å². The maximum Gasteiger partial charge on any atom is 0.268 e. The molecule has 7 nitrogen and oxygen atoms in total. The van der Waals surface area contributed by atoms with E-state index in [1.165, 1.54) is 0 Å². The lowest BCUT2D eigenvalue weighted by atomic mass is 10.0. The molecule has 1 aromatic carbocycles. The molecule has 4 rings (SSSR count). The molecule has 1 saturated heterocycles. The number of hydrogen-bond donors (Lipinski definition) is 3. The van der Waals surface area contributed by atoms with Crippen molar-refractivity contribution in [3.8, 4) is 0 Å². The highest BCUT2D eigenvalue weighted by Gasteiger charge is 2.32. The van der Waals surface area contributed by atoms with E-state index in [4.69, 9.17) is 11.6 Å². The summed E-state index contributed by atoms with van der Waals surface area (Å²) in [4.78, 5) is 34.9. The number of aromatic amines is 1.